The number of hydrogen-bond acceptors (Lipinski definition) is 4. The SMILES string of the molecule is CNS(=O)(=O)c1ccc(C=CC(=O)NCc2ccn(C)n2)cc1. The quantitative estimate of drug-likeness (QED) is 0.759. The second-order valence-electron chi connectivity index (χ2n) is 4.81. The first-order chi connectivity index (χ1) is 10.9. The summed E-state index contributed by atoms with van der Waals surface area (Å²) in [6.07, 6.45) is 4.81. The molecule has 23 heavy (non-hydrogen) atoms. The van der Waals surface area contributed by atoms with Crippen molar-refractivity contribution in [3.8, 4) is 0 Å². The van der Waals surface area contributed by atoms with Crippen molar-refractivity contribution in [1.29, 1.82) is 0 Å². The van der Waals surface area contributed by atoms with E-state index >= 15 is 0 Å². The molecule has 0 radical (unpaired) electrons. The first-order valence-electron chi connectivity index (χ1n) is 6.89. The largest absolute Gasteiger partial charge is 0.347 e. The van der Waals surface area contributed by atoms with Gasteiger partial charge in [0, 0.05) is 19.3 Å². The number of aryl methyl sites for hydroxylation is 1. The van der Waals surface area contributed by atoms with Gasteiger partial charge in [0.2, 0.25) is 15.9 Å². The molecule has 0 atom stereocenters. The van der Waals surface area contributed by atoms with Crippen molar-refractivity contribution in [2.24, 2.45) is 7.05 Å². The molecule has 2 rings (SSSR count). The Morgan fingerprint density at radius 2 is 1.96 bits per heavy atom. The number of nitrogens with one attached hydrogen (secondary N) is 2. The molecule has 8 heteroatoms. The van der Waals surface area contributed by atoms with E-state index in [-0.39, 0.29) is 10.8 Å². The molecule has 1 amide bonds. The highest BCUT2D eigenvalue weighted by molar-refractivity contribution is 7.89. The van der Waals surface area contributed by atoms with Crippen molar-refractivity contribution in [3.63, 3.8) is 0 Å². The van der Waals surface area contributed by atoms with E-state index in [1.54, 1.807) is 29.1 Å². The van der Waals surface area contributed by atoms with Crippen LogP contribution in [0, 0.1) is 0 Å². The van der Waals surface area contributed by atoms with Gasteiger partial charge in [-0.2, -0.15) is 5.10 Å². The Morgan fingerprint density at radius 3 is 2.52 bits per heavy atom. The van der Waals surface area contributed by atoms with Crippen molar-refractivity contribution in [2.45, 2.75) is 11.4 Å². The number of rotatable bonds is 6. The highest BCUT2D eigenvalue weighted by Gasteiger charge is 2.09. The standard InChI is InChI=1S/C15H18N4O3S/c1-16-23(21,22)14-6-3-12(4-7-14)5-8-15(20)17-11-13-9-10-19(2)18-13/h3-10,16H,11H2,1-2H3,(H,17,20). The molecule has 1 heterocycles. The fourth-order valence-corrected chi connectivity index (χ4v) is 2.57. The number of amides is 1. The molecule has 1 aromatic carbocycles. The Kier molecular flexibility index (Phi) is 5.30. The highest BCUT2D eigenvalue weighted by atomic mass is 32.2. The van der Waals surface area contributed by atoms with Crippen LogP contribution >= 0.6 is 0 Å². The van der Waals surface area contributed by atoms with Gasteiger partial charge in [-0.05, 0) is 36.9 Å². The van der Waals surface area contributed by atoms with Gasteiger partial charge in [-0.3, -0.25) is 9.48 Å². The molecule has 0 bridgehead atoms. The van der Waals surface area contributed by atoms with Crippen LogP contribution in [0.4, 0.5) is 0 Å². The summed E-state index contributed by atoms with van der Waals surface area (Å²) in [7, 11) is -0.281. The van der Waals surface area contributed by atoms with E-state index in [1.807, 2.05) is 13.1 Å². The number of aromatic nitrogens is 2. The summed E-state index contributed by atoms with van der Waals surface area (Å²) in [6.45, 7) is 0.351. The fraction of sp³-hybridized carbons (Fsp3) is 0.200. The molecule has 0 unspecified atom stereocenters. The molecule has 0 saturated heterocycles. The van der Waals surface area contributed by atoms with E-state index in [0.29, 0.717) is 6.54 Å². The van der Waals surface area contributed by atoms with Crippen LogP contribution < -0.4 is 10.0 Å². The Morgan fingerprint density at radius 1 is 1.26 bits per heavy atom. The monoisotopic (exact) mass is 334 g/mol. The smallest absolute Gasteiger partial charge is 0.244 e. The molecule has 0 aliphatic heterocycles. The van der Waals surface area contributed by atoms with Gasteiger partial charge >= 0.3 is 0 Å². The normalized spacial score (nSPS) is 11.7. The molecule has 0 spiro atoms. The van der Waals surface area contributed by atoms with Crippen LogP contribution in [0.2, 0.25) is 0 Å². The highest BCUT2D eigenvalue weighted by Crippen LogP contribution is 2.11. The Balaban J connectivity index is 1.93. The summed E-state index contributed by atoms with van der Waals surface area (Å²) in [5.41, 5.74) is 1.50. The van der Waals surface area contributed by atoms with E-state index in [0.717, 1.165) is 11.3 Å². The second-order valence-corrected chi connectivity index (χ2v) is 6.70. The average molecular weight is 334 g/mol. The molecular weight excluding hydrogens is 316 g/mol. The average Bonchev–Trinajstić information content (AvgIpc) is 2.97. The third-order valence-electron chi connectivity index (χ3n) is 3.10. The lowest BCUT2D eigenvalue weighted by Gasteiger charge is -2.02. The van der Waals surface area contributed by atoms with E-state index in [1.165, 1.54) is 25.3 Å². The summed E-state index contributed by atoms with van der Waals surface area (Å²) in [5.74, 6) is -0.248. The molecule has 7 nitrogen and oxygen atoms in total. The van der Waals surface area contributed by atoms with E-state index in [2.05, 4.69) is 15.1 Å². The van der Waals surface area contributed by atoms with Crippen LogP contribution in [0.15, 0.2) is 47.5 Å². The maximum Gasteiger partial charge on any atom is 0.244 e. The second kappa shape index (κ2) is 7.21. The minimum Gasteiger partial charge on any atom is -0.347 e. The predicted molar refractivity (Wildman–Crippen MR) is 86.8 cm³/mol. The molecule has 1 aromatic heterocycles. The van der Waals surface area contributed by atoms with Gasteiger partial charge in [-0.1, -0.05) is 12.1 Å². The fourth-order valence-electron chi connectivity index (χ4n) is 1.84. The Hall–Kier alpha value is -2.45. The topological polar surface area (TPSA) is 93.1 Å². The first-order valence-corrected chi connectivity index (χ1v) is 8.37. The van der Waals surface area contributed by atoms with Gasteiger partial charge in [0.05, 0.1) is 17.1 Å². The number of nitrogens with zero attached hydrogens (tertiary/aromatic N) is 2. The van der Waals surface area contributed by atoms with Crippen molar-refractivity contribution in [1.82, 2.24) is 19.8 Å². The lowest BCUT2D eigenvalue weighted by Crippen LogP contribution is -2.20. The zero-order valence-electron chi connectivity index (χ0n) is 12.9. The predicted octanol–water partition coefficient (Wildman–Crippen LogP) is 0.658. The van der Waals surface area contributed by atoms with E-state index in [4.69, 9.17) is 0 Å². The molecule has 122 valence electrons. The minimum atomic E-state index is -3.45. The van der Waals surface area contributed by atoms with Gasteiger partial charge < -0.3 is 5.32 Å². The van der Waals surface area contributed by atoms with Crippen LogP contribution in [0.25, 0.3) is 6.08 Å². The third kappa shape index (κ3) is 4.76. The van der Waals surface area contributed by atoms with Gasteiger partial charge in [0.25, 0.3) is 0 Å². The van der Waals surface area contributed by atoms with Crippen molar-refractivity contribution < 1.29 is 13.2 Å². The summed E-state index contributed by atoms with van der Waals surface area (Å²) in [5, 5.41) is 6.88. The maximum atomic E-state index is 11.7. The van der Waals surface area contributed by atoms with E-state index < -0.39 is 10.0 Å². The van der Waals surface area contributed by atoms with Crippen LogP contribution in [0.5, 0.6) is 0 Å². The summed E-state index contributed by atoms with van der Waals surface area (Å²) in [4.78, 5) is 11.9. The number of hydrogen-bond donors (Lipinski definition) is 2. The zero-order valence-corrected chi connectivity index (χ0v) is 13.7. The Labute approximate surface area is 135 Å². The van der Waals surface area contributed by atoms with Crippen molar-refractivity contribution in [3.05, 3.63) is 53.9 Å². The molecular formula is C15H18N4O3S. The lowest BCUT2D eigenvalue weighted by atomic mass is 10.2. The molecule has 2 N–H and O–H groups in total. The van der Waals surface area contributed by atoms with Gasteiger partial charge in [-0.15, -0.1) is 0 Å². The van der Waals surface area contributed by atoms with Crippen LogP contribution in [0.3, 0.4) is 0 Å². The van der Waals surface area contributed by atoms with E-state index in [9.17, 15) is 13.2 Å². The molecule has 0 aliphatic carbocycles. The van der Waals surface area contributed by atoms with Gasteiger partial charge in [-0.25, -0.2) is 13.1 Å². The van der Waals surface area contributed by atoms with Gasteiger partial charge in [0.15, 0.2) is 0 Å². The molecule has 0 fully saturated rings. The van der Waals surface area contributed by atoms with Crippen LogP contribution in [-0.2, 0) is 28.4 Å². The molecule has 0 aliphatic rings. The number of carbonyl (C=O) groups excluding carboxylic acids is 1. The summed E-state index contributed by atoms with van der Waals surface area (Å²) >= 11 is 0. The number of benzene rings is 1. The van der Waals surface area contributed by atoms with Crippen molar-refractivity contribution >= 4 is 22.0 Å². The Bertz CT molecular complexity index is 808. The minimum absolute atomic E-state index is 0.178. The third-order valence-corrected chi connectivity index (χ3v) is 4.53. The summed E-state index contributed by atoms with van der Waals surface area (Å²) < 4.78 is 27.1. The lowest BCUT2D eigenvalue weighted by molar-refractivity contribution is -0.116. The van der Waals surface area contributed by atoms with Crippen molar-refractivity contribution in [2.75, 3.05) is 7.05 Å². The van der Waals surface area contributed by atoms with Gasteiger partial charge in [0.1, 0.15) is 0 Å². The number of sulfonamides is 1. The number of carbonyl (C=O) groups is 1. The molecule has 0 saturated carbocycles. The first kappa shape index (κ1) is 16.9. The maximum absolute atomic E-state index is 11.7. The van der Waals surface area contributed by atoms with Crippen LogP contribution in [-0.4, -0.2) is 31.2 Å². The summed E-state index contributed by atoms with van der Waals surface area (Å²) in [6, 6.07) is 8.05. The van der Waals surface area contributed by atoms with Crippen LogP contribution in [0.1, 0.15) is 11.3 Å². The zero-order chi connectivity index (χ0) is 16.9. The molecule has 2 aromatic rings.